The van der Waals surface area contributed by atoms with Crippen molar-refractivity contribution < 1.29 is 9.90 Å². The minimum atomic E-state index is -1.10. The van der Waals surface area contributed by atoms with Crippen molar-refractivity contribution >= 4 is 5.97 Å². The van der Waals surface area contributed by atoms with Gasteiger partial charge < -0.3 is 5.11 Å². The summed E-state index contributed by atoms with van der Waals surface area (Å²) in [6.07, 6.45) is 1.33. The Morgan fingerprint density at radius 3 is 3.25 bits per heavy atom. The zero-order valence-electron chi connectivity index (χ0n) is 5.95. The third-order valence-corrected chi connectivity index (χ3v) is 1.20. The molecule has 0 spiro atoms. The molecule has 1 aromatic heterocycles. The summed E-state index contributed by atoms with van der Waals surface area (Å²) in [5, 5.41) is 15.4. The van der Waals surface area contributed by atoms with E-state index in [1.54, 1.807) is 0 Å². The van der Waals surface area contributed by atoms with Crippen molar-refractivity contribution in [2.45, 2.75) is 6.67 Å². The van der Waals surface area contributed by atoms with Crippen molar-refractivity contribution in [3.8, 4) is 0 Å². The van der Waals surface area contributed by atoms with Gasteiger partial charge in [0.1, 0.15) is 12.4 Å². The molecule has 7 heteroatoms. The van der Waals surface area contributed by atoms with Crippen LogP contribution in [-0.4, -0.2) is 20.9 Å². The summed E-state index contributed by atoms with van der Waals surface area (Å²) in [7, 11) is 0. The van der Waals surface area contributed by atoms with Crippen LogP contribution in [0.15, 0.2) is 17.4 Å². The van der Waals surface area contributed by atoms with Crippen LogP contribution < -0.4 is 0 Å². The van der Waals surface area contributed by atoms with Gasteiger partial charge in [0.05, 0.1) is 0 Å². The Labute approximate surface area is 66.9 Å². The Morgan fingerprint density at radius 1 is 1.92 bits per heavy atom. The summed E-state index contributed by atoms with van der Waals surface area (Å²) >= 11 is 0. The predicted molar refractivity (Wildman–Crippen MR) is 38.3 cm³/mol. The van der Waals surface area contributed by atoms with Crippen molar-refractivity contribution in [3.63, 3.8) is 0 Å². The number of aromatic nitrogens is 2. The minimum Gasteiger partial charge on any atom is -0.477 e. The van der Waals surface area contributed by atoms with Crippen molar-refractivity contribution in [2.24, 2.45) is 5.11 Å². The van der Waals surface area contributed by atoms with Gasteiger partial charge in [0.25, 0.3) is 0 Å². The second kappa shape index (κ2) is 3.40. The van der Waals surface area contributed by atoms with Gasteiger partial charge in [-0.3, -0.25) is 4.68 Å². The summed E-state index contributed by atoms with van der Waals surface area (Å²) in [4.78, 5) is 12.9. The molecule has 1 rings (SSSR count). The lowest BCUT2D eigenvalue weighted by Gasteiger charge is -1.96. The molecule has 0 atom stereocenters. The molecule has 1 heterocycles. The topological polar surface area (TPSA) is 104 Å². The predicted octanol–water partition coefficient (Wildman–Crippen LogP) is 0.849. The average Bonchev–Trinajstić information content (AvgIpc) is 2.48. The summed E-state index contributed by atoms with van der Waals surface area (Å²) < 4.78 is 1.10. The number of carboxylic acids is 1. The normalized spacial score (nSPS) is 9.00. The highest BCUT2D eigenvalue weighted by molar-refractivity contribution is 5.85. The van der Waals surface area contributed by atoms with Crippen LogP contribution in [0.1, 0.15) is 10.5 Å². The highest BCUT2D eigenvalue weighted by atomic mass is 16.4. The van der Waals surface area contributed by atoms with Crippen LogP contribution in [0.3, 0.4) is 0 Å². The van der Waals surface area contributed by atoms with Gasteiger partial charge in [-0.15, -0.1) is 0 Å². The molecule has 0 aliphatic carbocycles. The molecule has 12 heavy (non-hydrogen) atoms. The highest BCUT2D eigenvalue weighted by Crippen LogP contribution is 1.98. The van der Waals surface area contributed by atoms with E-state index in [1.807, 2.05) is 0 Å². The lowest BCUT2D eigenvalue weighted by atomic mass is 10.4. The van der Waals surface area contributed by atoms with Gasteiger partial charge in [0.15, 0.2) is 0 Å². The third-order valence-electron chi connectivity index (χ3n) is 1.20. The smallest absolute Gasteiger partial charge is 0.354 e. The molecule has 0 aliphatic rings. The summed E-state index contributed by atoms with van der Waals surface area (Å²) in [6, 6.07) is 1.33. The molecule has 7 nitrogen and oxygen atoms in total. The van der Waals surface area contributed by atoms with E-state index in [0.717, 1.165) is 4.68 Å². The van der Waals surface area contributed by atoms with Crippen LogP contribution in [0.5, 0.6) is 0 Å². The zero-order chi connectivity index (χ0) is 8.97. The standard InChI is InChI=1S/C5H5N5O2/c6-9-7-3-10-4(5(11)12)1-2-8-10/h1-2H,3H2,(H,11,12). The van der Waals surface area contributed by atoms with E-state index in [4.69, 9.17) is 10.6 Å². The Hall–Kier alpha value is -2.01. The van der Waals surface area contributed by atoms with Crippen LogP contribution in [0, 0.1) is 0 Å². The van der Waals surface area contributed by atoms with Crippen LogP contribution in [0.25, 0.3) is 10.4 Å². The molecular weight excluding hydrogens is 162 g/mol. The van der Waals surface area contributed by atoms with Crippen LogP contribution >= 0.6 is 0 Å². The van der Waals surface area contributed by atoms with Gasteiger partial charge in [-0.05, 0) is 11.6 Å². The summed E-state index contributed by atoms with van der Waals surface area (Å²) in [5.74, 6) is -1.10. The third kappa shape index (κ3) is 1.53. The molecule has 0 unspecified atom stereocenters. The van der Waals surface area contributed by atoms with Gasteiger partial charge in [0, 0.05) is 11.1 Å². The zero-order valence-corrected chi connectivity index (χ0v) is 5.95. The first-order valence-corrected chi connectivity index (χ1v) is 3.01. The number of hydrogen-bond donors (Lipinski definition) is 1. The molecule has 0 aliphatic heterocycles. The number of aromatic carboxylic acids is 1. The van der Waals surface area contributed by atoms with E-state index in [9.17, 15) is 4.79 Å². The molecule has 0 fully saturated rings. The average molecular weight is 167 g/mol. The summed E-state index contributed by atoms with van der Waals surface area (Å²) in [5.41, 5.74) is 7.97. The maximum atomic E-state index is 10.5. The molecule has 0 saturated carbocycles. The maximum Gasteiger partial charge on any atom is 0.354 e. The second-order valence-corrected chi connectivity index (χ2v) is 1.89. The lowest BCUT2D eigenvalue weighted by Crippen LogP contribution is -2.08. The number of azide groups is 1. The maximum absolute atomic E-state index is 10.5. The van der Waals surface area contributed by atoms with Gasteiger partial charge >= 0.3 is 5.97 Å². The lowest BCUT2D eigenvalue weighted by molar-refractivity contribution is 0.0683. The largest absolute Gasteiger partial charge is 0.477 e. The Morgan fingerprint density at radius 2 is 2.67 bits per heavy atom. The van der Waals surface area contributed by atoms with E-state index in [2.05, 4.69) is 15.1 Å². The highest BCUT2D eigenvalue weighted by Gasteiger charge is 2.07. The molecule has 1 aromatic rings. The monoisotopic (exact) mass is 167 g/mol. The van der Waals surface area contributed by atoms with E-state index in [1.165, 1.54) is 12.3 Å². The van der Waals surface area contributed by atoms with E-state index >= 15 is 0 Å². The fourth-order valence-corrected chi connectivity index (χ4v) is 0.715. The van der Waals surface area contributed by atoms with E-state index in [0.29, 0.717) is 0 Å². The Balaban J connectivity index is 2.91. The minimum absolute atomic E-state index is 0.00222. The van der Waals surface area contributed by atoms with Crippen molar-refractivity contribution in [2.75, 3.05) is 0 Å². The van der Waals surface area contributed by atoms with Crippen LogP contribution in [-0.2, 0) is 6.67 Å². The van der Waals surface area contributed by atoms with Gasteiger partial charge in [-0.2, -0.15) is 5.10 Å². The van der Waals surface area contributed by atoms with Crippen molar-refractivity contribution in [3.05, 3.63) is 28.4 Å². The van der Waals surface area contributed by atoms with Crippen molar-refractivity contribution in [1.82, 2.24) is 9.78 Å². The molecule has 0 aromatic carbocycles. The summed E-state index contributed by atoms with van der Waals surface area (Å²) in [6.45, 7) is -0.106. The Bertz CT molecular complexity index is 337. The number of nitrogens with zero attached hydrogens (tertiary/aromatic N) is 5. The molecule has 0 radical (unpaired) electrons. The molecular formula is C5H5N5O2. The van der Waals surface area contributed by atoms with Crippen LogP contribution in [0.2, 0.25) is 0 Å². The van der Waals surface area contributed by atoms with Gasteiger partial charge in [-0.25, -0.2) is 4.79 Å². The molecule has 0 saturated heterocycles. The van der Waals surface area contributed by atoms with E-state index in [-0.39, 0.29) is 12.4 Å². The Kier molecular flexibility index (Phi) is 2.29. The second-order valence-electron chi connectivity index (χ2n) is 1.89. The fourth-order valence-electron chi connectivity index (χ4n) is 0.715. The first-order chi connectivity index (χ1) is 5.75. The number of rotatable bonds is 3. The molecule has 0 bridgehead atoms. The number of carbonyl (C=O) groups is 1. The van der Waals surface area contributed by atoms with Gasteiger partial charge in [0.2, 0.25) is 0 Å². The molecule has 1 N–H and O–H groups in total. The first-order valence-electron chi connectivity index (χ1n) is 3.01. The number of hydrogen-bond acceptors (Lipinski definition) is 3. The SMILES string of the molecule is [N-]=[N+]=NCn1nccc1C(=O)O. The molecule has 62 valence electrons. The van der Waals surface area contributed by atoms with E-state index < -0.39 is 5.97 Å². The number of carboxylic acid groups (broad SMARTS) is 1. The van der Waals surface area contributed by atoms with Crippen LogP contribution in [0.4, 0.5) is 0 Å². The fraction of sp³-hybridized carbons (Fsp3) is 0.200. The quantitative estimate of drug-likeness (QED) is 0.409. The van der Waals surface area contributed by atoms with Crippen molar-refractivity contribution in [1.29, 1.82) is 0 Å². The first kappa shape index (κ1) is 8.09. The van der Waals surface area contributed by atoms with Gasteiger partial charge in [-0.1, -0.05) is 5.11 Å². The molecule has 0 amide bonds.